The molecule has 1 aromatic rings. The van der Waals surface area contributed by atoms with Gasteiger partial charge in [-0.15, -0.1) is 0 Å². The Morgan fingerprint density at radius 3 is 2.52 bits per heavy atom. The molecular weight excluding hydrogens is 268 g/mol. The van der Waals surface area contributed by atoms with Crippen molar-refractivity contribution >= 4 is 11.9 Å². The van der Waals surface area contributed by atoms with Gasteiger partial charge in [0.2, 0.25) is 5.91 Å². The number of benzene rings is 1. The highest BCUT2D eigenvalue weighted by Gasteiger charge is 2.38. The van der Waals surface area contributed by atoms with Crippen molar-refractivity contribution in [1.82, 2.24) is 5.32 Å². The molecule has 0 spiro atoms. The van der Waals surface area contributed by atoms with Crippen LogP contribution in [-0.2, 0) is 20.7 Å². The first-order valence-corrected chi connectivity index (χ1v) is 6.91. The molecule has 0 aliphatic heterocycles. The second-order valence-corrected chi connectivity index (χ2v) is 4.82. The minimum absolute atomic E-state index is 0.216. The van der Waals surface area contributed by atoms with Crippen molar-refractivity contribution in [1.29, 1.82) is 5.26 Å². The van der Waals surface area contributed by atoms with Gasteiger partial charge >= 0.3 is 5.97 Å². The lowest BCUT2D eigenvalue weighted by Gasteiger charge is -2.23. The SMILES string of the molecule is CCC(C#N)(COC(C)=O)C(=O)NCCc1ccccc1. The van der Waals surface area contributed by atoms with Crippen LogP contribution in [0.15, 0.2) is 30.3 Å². The average molecular weight is 288 g/mol. The van der Waals surface area contributed by atoms with Crippen LogP contribution in [0.2, 0.25) is 0 Å². The lowest BCUT2D eigenvalue weighted by atomic mass is 9.86. The maximum atomic E-state index is 12.2. The Morgan fingerprint density at radius 1 is 1.33 bits per heavy atom. The van der Waals surface area contributed by atoms with Crippen molar-refractivity contribution < 1.29 is 14.3 Å². The van der Waals surface area contributed by atoms with Crippen LogP contribution in [0.25, 0.3) is 0 Å². The molecule has 0 heterocycles. The Hall–Kier alpha value is -2.35. The molecule has 0 saturated heterocycles. The third-order valence-corrected chi connectivity index (χ3v) is 3.32. The van der Waals surface area contributed by atoms with Gasteiger partial charge in [-0.25, -0.2) is 0 Å². The van der Waals surface area contributed by atoms with E-state index in [0.29, 0.717) is 13.0 Å². The van der Waals surface area contributed by atoms with Crippen molar-refractivity contribution in [3.63, 3.8) is 0 Å². The second-order valence-electron chi connectivity index (χ2n) is 4.82. The number of carbonyl (C=O) groups is 2. The number of carbonyl (C=O) groups excluding carboxylic acids is 2. The first kappa shape index (κ1) is 16.7. The van der Waals surface area contributed by atoms with Crippen molar-refractivity contribution in [3.05, 3.63) is 35.9 Å². The Balaban J connectivity index is 2.57. The predicted molar refractivity (Wildman–Crippen MR) is 78.1 cm³/mol. The molecule has 0 bridgehead atoms. The molecule has 1 amide bonds. The predicted octanol–water partition coefficient (Wildman–Crippen LogP) is 1.83. The maximum Gasteiger partial charge on any atom is 0.302 e. The van der Waals surface area contributed by atoms with Gasteiger partial charge in [0.05, 0.1) is 6.07 Å². The molecular formula is C16H20N2O3. The third-order valence-electron chi connectivity index (χ3n) is 3.32. The molecule has 0 radical (unpaired) electrons. The van der Waals surface area contributed by atoms with Crippen molar-refractivity contribution in [2.75, 3.05) is 13.2 Å². The van der Waals surface area contributed by atoms with Crippen LogP contribution in [0.3, 0.4) is 0 Å². The van der Waals surface area contributed by atoms with Crippen molar-refractivity contribution in [2.45, 2.75) is 26.7 Å². The molecule has 112 valence electrons. The van der Waals surface area contributed by atoms with E-state index in [1.54, 1.807) is 6.92 Å². The lowest BCUT2D eigenvalue weighted by Crippen LogP contribution is -2.44. The van der Waals surface area contributed by atoms with Crippen LogP contribution < -0.4 is 5.32 Å². The number of ether oxygens (including phenoxy) is 1. The van der Waals surface area contributed by atoms with E-state index < -0.39 is 17.3 Å². The molecule has 1 aromatic carbocycles. The van der Waals surface area contributed by atoms with E-state index in [0.717, 1.165) is 5.56 Å². The van der Waals surface area contributed by atoms with Gasteiger partial charge in [-0.05, 0) is 18.4 Å². The second kappa shape index (κ2) is 8.05. The Bertz CT molecular complexity index is 522. The van der Waals surface area contributed by atoms with E-state index in [1.165, 1.54) is 6.92 Å². The molecule has 0 aliphatic rings. The highest BCUT2D eigenvalue weighted by atomic mass is 16.5. The molecule has 0 fully saturated rings. The molecule has 0 aliphatic carbocycles. The largest absolute Gasteiger partial charge is 0.464 e. The van der Waals surface area contributed by atoms with E-state index in [1.807, 2.05) is 36.4 Å². The fraction of sp³-hybridized carbons (Fsp3) is 0.438. The van der Waals surface area contributed by atoms with Gasteiger partial charge in [0, 0.05) is 13.5 Å². The molecule has 1 rings (SSSR count). The Labute approximate surface area is 124 Å². The van der Waals surface area contributed by atoms with Crippen LogP contribution in [0, 0.1) is 16.7 Å². The zero-order valence-electron chi connectivity index (χ0n) is 12.4. The standard InChI is InChI=1S/C16H20N2O3/c1-3-16(11-17,12-21-13(2)19)15(20)18-10-9-14-7-5-4-6-8-14/h4-8H,3,9-10,12H2,1-2H3,(H,18,20). The zero-order valence-corrected chi connectivity index (χ0v) is 12.4. The van der Waals surface area contributed by atoms with Crippen molar-refractivity contribution in [3.8, 4) is 6.07 Å². The van der Waals surface area contributed by atoms with E-state index >= 15 is 0 Å². The lowest BCUT2D eigenvalue weighted by molar-refractivity contribution is -0.146. The monoisotopic (exact) mass is 288 g/mol. The topological polar surface area (TPSA) is 79.2 Å². The fourth-order valence-corrected chi connectivity index (χ4v) is 1.85. The third kappa shape index (κ3) is 4.92. The molecule has 1 atom stereocenters. The molecule has 0 aromatic heterocycles. The first-order valence-electron chi connectivity index (χ1n) is 6.91. The van der Waals surface area contributed by atoms with E-state index in [-0.39, 0.29) is 13.0 Å². The summed E-state index contributed by atoms with van der Waals surface area (Å²) in [5.41, 5.74) is -0.209. The summed E-state index contributed by atoms with van der Waals surface area (Å²) in [5, 5.41) is 12.0. The number of hydrogen-bond acceptors (Lipinski definition) is 4. The van der Waals surface area contributed by atoms with Gasteiger partial charge in [0.15, 0.2) is 5.41 Å². The van der Waals surface area contributed by atoms with Gasteiger partial charge in [-0.1, -0.05) is 37.3 Å². The Kier molecular flexibility index (Phi) is 6.41. The number of esters is 1. The summed E-state index contributed by atoms with van der Waals surface area (Å²) in [5.74, 6) is -0.898. The fourth-order valence-electron chi connectivity index (χ4n) is 1.85. The summed E-state index contributed by atoms with van der Waals surface area (Å²) in [4.78, 5) is 23.1. The summed E-state index contributed by atoms with van der Waals surface area (Å²) in [6, 6.07) is 11.7. The number of nitrogens with zero attached hydrogens (tertiary/aromatic N) is 1. The van der Waals surface area contributed by atoms with Gasteiger partial charge in [0.25, 0.3) is 0 Å². The minimum Gasteiger partial charge on any atom is -0.464 e. The van der Waals surface area contributed by atoms with Gasteiger partial charge < -0.3 is 10.1 Å². The quantitative estimate of drug-likeness (QED) is 0.776. The van der Waals surface area contributed by atoms with Crippen LogP contribution >= 0.6 is 0 Å². The number of rotatable bonds is 7. The van der Waals surface area contributed by atoms with Gasteiger partial charge in [0.1, 0.15) is 6.61 Å². The van der Waals surface area contributed by atoms with E-state index in [9.17, 15) is 14.9 Å². The summed E-state index contributed by atoms with van der Waals surface area (Å²) in [7, 11) is 0. The first-order chi connectivity index (χ1) is 10.0. The molecule has 1 N–H and O–H groups in total. The van der Waals surface area contributed by atoms with Gasteiger partial charge in [-0.3, -0.25) is 9.59 Å². The summed E-state index contributed by atoms with van der Waals surface area (Å²) in [6.45, 7) is 3.20. The average Bonchev–Trinajstić information content (AvgIpc) is 2.49. The molecule has 0 saturated carbocycles. The summed E-state index contributed by atoms with van der Waals surface area (Å²) >= 11 is 0. The maximum absolute atomic E-state index is 12.2. The normalized spacial score (nSPS) is 12.8. The number of nitrogens with one attached hydrogen (secondary N) is 1. The molecule has 5 nitrogen and oxygen atoms in total. The highest BCUT2D eigenvalue weighted by molar-refractivity contribution is 5.85. The molecule has 5 heteroatoms. The number of nitriles is 1. The van der Waals surface area contributed by atoms with E-state index in [2.05, 4.69) is 5.32 Å². The van der Waals surface area contributed by atoms with Crippen LogP contribution in [0.1, 0.15) is 25.8 Å². The minimum atomic E-state index is -1.32. The van der Waals surface area contributed by atoms with Gasteiger partial charge in [-0.2, -0.15) is 5.26 Å². The van der Waals surface area contributed by atoms with Crippen LogP contribution in [0.5, 0.6) is 0 Å². The number of amides is 1. The zero-order chi connectivity index (χ0) is 15.7. The molecule has 1 unspecified atom stereocenters. The highest BCUT2D eigenvalue weighted by Crippen LogP contribution is 2.22. The Morgan fingerprint density at radius 2 is 2.00 bits per heavy atom. The molecule has 21 heavy (non-hydrogen) atoms. The van der Waals surface area contributed by atoms with Crippen molar-refractivity contribution in [2.24, 2.45) is 5.41 Å². The van der Waals surface area contributed by atoms with Crippen LogP contribution in [0.4, 0.5) is 0 Å². The van der Waals surface area contributed by atoms with E-state index in [4.69, 9.17) is 4.74 Å². The smallest absolute Gasteiger partial charge is 0.302 e. The summed E-state index contributed by atoms with van der Waals surface area (Å²) < 4.78 is 4.85. The number of hydrogen-bond donors (Lipinski definition) is 1. The van der Waals surface area contributed by atoms with Crippen LogP contribution in [-0.4, -0.2) is 25.0 Å². The summed E-state index contributed by atoms with van der Waals surface area (Å²) in [6.07, 6.45) is 0.972.